The van der Waals surface area contributed by atoms with E-state index in [1.807, 2.05) is 60.7 Å². The van der Waals surface area contributed by atoms with Crippen molar-refractivity contribution in [1.29, 1.82) is 0 Å². The fourth-order valence-electron chi connectivity index (χ4n) is 2.37. The molecular weight excluding hydrogens is 380 g/mol. The predicted octanol–water partition coefficient (Wildman–Crippen LogP) is 7.19. The first-order valence-corrected chi connectivity index (χ1v) is 10.3. The highest BCUT2D eigenvalue weighted by atomic mass is 35.5. The maximum absolute atomic E-state index is 10.5. The van der Waals surface area contributed by atoms with Crippen molar-refractivity contribution in [1.82, 2.24) is 0 Å². The average Bonchev–Trinajstić information content (AvgIpc) is 2.67. The zero-order chi connectivity index (χ0) is 18.2. The molecule has 0 radical (unpaired) electrons. The molecule has 3 rings (SSSR count). The Morgan fingerprint density at radius 3 is 1.96 bits per heavy atom. The predicted molar refractivity (Wildman–Crippen MR) is 114 cm³/mol. The molecule has 4 heteroatoms. The summed E-state index contributed by atoms with van der Waals surface area (Å²) in [6.07, 6.45) is 2.06. The largest absolute Gasteiger partial charge is 0.388 e. The zero-order valence-electron chi connectivity index (χ0n) is 14.1. The molecule has 1 N–H and O–H groups in total. The second-order valence-electron chi connectivity index (χ2n) is 5.66. The van der Waals surface area contributed by atoms with Crippen LogP contribution in [0.4, 0.5) is 0 Å². The molecule has 0 spiro atoms. The van der Waals surface area contributed by atoms with Crippen molar-refractivity contribution in [2.45, 2.75) is 22.3 Å². The number of aliphatic hydroxyl groups is 1. The minimum Gasteiger partial charge on any atom is -0.388 e. The van der Waals surface area contributed by atoms with Gasteiger partial charge in [0.1, 0.15) is 0 Å². The maximum atomic E-state index is 10.5. The van der Waals surface area contributed by atoms with Crippen LogP contribution in [0.3, 0.4) is 0 Å². The lowest BCUT2D eigenvalue weighted by molar-refractivity contribution is 0.181. The molecule has 0 amide bonds. The molecule has 1 atom stereocenters. The molecule has 0 aliphatic carbocycles. The van der Waals surface area contributed by atoms with Crippen LogP contribution in [-0.2, 0) is 0 Å². The quantitative estimate of drug-likeness (QED) is 0.425. The molecule has 3 aromatic carbocycles. The van der Waals surface area contributed by atoms with Gasteiger partial charge in [0, 0.05) is 19.1 Å². The third kappa shape index (κ3) is 5.96. The van der Waals surface area contributed by atoms with Crippen molar-refractivity contribution in [3.05, 3.63) is 106 Å². The van der Waals surface area contributed by atoms with E-state index in [0.29, 0.717) is 11.4 Å². The lowest BCUT2D eigenvalue weighted by atomic mass is 10.1. The van der Waals surface area contributed by atoms with Gasteiger partial charge in [-0.2, -0.15) is 0 Å². The summed E-state index contributed by atoms with van der Waals surface area (Å²) < 4.78 is 1.14. The van der Waals surface area contributed by atoms with E-state index in [1.54, 1.807) is 23.5 Å². The summed E-state index contributed by atoms with van der Waals surface area (Å²) in [6.45, 7) is 0. The molecular formula is C22H19ClOS2. The van der Waals surface area contributed by atoms with Crippen LogP contribution in [0.1, 0.15) is 18.1 Å². The van der Waals surface area contributed by atoms with Crippen molar-refractivity contribution in [2.75, 3.05) is 0 Å². The SMILES string of the molecule is O[C@@H](CC=C(Sc1ccccc1)Sc1ccccc1)c1cccc(Cl)c1. The van der Waals surface area contributed by atoms with Crippen LogP contribution < -0.4 is 0 Å². The molecule has 0 heterocycles. The van der Waals surface area contributed by atoms with Crippen LogP contribution in [-0.4, -0.2) is 5.11 Å². The van der Waals surface area contributed by atoms with E-state index in [4.69, 9.17) is 11.6 Å². The van der Waals surface area contributed by atoms with Crippen molar-refractivity contribution in [3.63, 3.8) is 0 Å². The van der Waals surface area contributed by atoms with Crippen LogP contribution in [0.5, 0.6) is 0 Å². The third-order valence-corrected chi connectivity index (χ3v) is 6.15. The Hall–Kier alpha value is -1.65. The average molecular weight is 399 g/mol. The summed E-state index contributed by atoms with van der Waals surface area (Å²) in [7, 11) is 0. The van der Waals surface area contributed by atoms with Gasteiger partial charge >= 0.3 is 0 Å². The summed E-state index contributed by atoms with van der Waals surface area (Å²) >= 11 is 9.45. The summed E-state index contributed by atoms with van der Waals surface area (Å²) in [5.41, 5.74) is 0.836. The number of aliphatic hydroxyl groups excluding tert-OH is 1. The summed E-state index contributed by atoms with van der Waals surface area (Å²) in [5.74, 6) is 0. The molecule has 3 aromatic rings. The molecule has 1 nitrogen and oxygen atoms in total. The van der Waals surface area contributed by atoms with Gasteiger partial charge in [-0.3, -0.25) is 0 Å². The first kappa shape index (κ1) is 19.1. The molecule has 0 bridgehead atoms. The second kappa shape index (κ2) is 9.89. The molecule has 0 aliphatic rings. The fraction of sp³-hybridized carbons (Fsp3) is 0.0909. The van der Waals surface area contributed by atoms with Gasteiger partial charge in [0.05, 0.1) is 6.10 Å². The van der Waals surface area contributed by atoms with Gasteiger partial charge in [-0.15, -0.1) is 0 Å². The Labute approximate surface area is 168 Å². The van der Waals surface area contributed by atoms with Crippen molar-refractivity contribution >= 4 is 35.1 Å². The van der Waals surface area contributed by atoms with Crippen molar-refractivity contribution in [3.8, 4) is 0 Å². The standard InChI is InChI=1S/C22H19ClOS2/c23-18-9-7-8-17(16-18)21(24)14-15-22(25-19-10-3-1-4-11-19)26-20-12-5-2-6-13-20/h1-13,15-16,21,24H,14H2/t21-/m0/s1. The Kier molecular flexibility index (Phi) is 7.27. The molecule has 0 aliphatic heterocycles. The smallest absolute Gasteiger partial charge is 0.0825 e. The van der Waals surface area contributed by atoms with Crippen LogP contribution in [0.25, 0.3) is 0 Å². The fourth-order valence-corrected chi connectivity index (χ4v) is 4.72. The number of benzene rings is 3. The first-order chi connectivity index (χ1) is 12.7. The highest BCUT2D eigenvalue weighted by molar-refractivity contribution is 8.22. The van der Waals surface area contributed by atoms with Crippen molar-refractivity contribution < 1.29 is 5.11 Å². The second-order valence-corrected chi connectivity index (χ2v) is 8.59. The molecule has 0 saturated heterocycles. The zero-order valence-corrected chi connectivity index (χ0v) is 16.5. The van der Waals surface area contributed by atoms with Gasteiger partial charge in [0.15, 0.2) is 0 Å². The minimum atomic E-state index is -0.573. The topological polar surface area (TPSA) is 20.2 Å². The Morgan fingerprint density at radius 2 is 1.42 bits per heavy atom. The van der Waals surface area contributed by atoms with Crippen molar-refractivity contribution in [2.24, 2.45) is 0 Å². The van der Waals surface area contributed by atoms with E-state index >= 15 is 0 Å². The highest BCUT2D eigenvalue weighted by Gasteiger charge is 2.09. The summed E-state index contributed by atoms with van der Waals surface area (Å²) in [6, 6.07) is 27.9. The van der Waals surface area contributed by atoms with E-state index in [-0.39, 0.29) is 0 Å². The highest BCUT2D eigenvalue weighted by Crippen LogP contribution is 2.40. The number of rotatable bonds is 7. The van der Waals surface area contributed by atoms with Gasteiger partial charge < -0.3 is 5.11 Å². The normalized spacial score (nSPS) is 11.8. The molecule has 0 aromatic heterocycles. The van der Waals surface area contributed by atoms with E-state index < -0.39 is 6.10 Å². The van der Waals surface area contributed by atoms with E-state index in [0.717, 1.165) is 9.80 Å². The molecule has 26 heavy (non-hydrogen) atoms. The van der Waals surface area contributed by atoms with Gasteiger partial charge in [-0.25, -0.2) is 0 Å². The maximum Gasteiger partial charge on any atom is 0.0825 e. The number of halogens is 1. The summed E-state index contributed by atoms with van der Waals surface area (Å²) in [5, 5.41) is 11.1. The first-order valence-electron chi connectivity index (χ1n) is 8.30. The van der Waals surface area contributed by atoms with E-state index in [9.17, 15) is 5.11 Å². The van der Waals surface area contributed by atoms with Gasteiger partial charge in [-0.05, 0) is 48.4 Å². The number of thioether (sulfide) groups is 2. The molecule has 0 saturated carbocycles. The van der Waals surface area contributed by atoms with Crippen LogP contribution in [0.2, 0.25) is 5.02 Å². The Bertz CT molecular complexity index is 807. The molecule has 132 valence electrons. The van der Waals surface area contributed by atoms with Gasteiger partial charge in [0.2, 0.25) is 0 Å². The lowest BCUT2D eigenvalue weighted by Crippen LogP contribution is -1.95. The lowest BCUT2D eigenvalue weighted by Gasteiger charge is -2.11. The summed E-state index contributed by atoms with van der Waals surface area (Å²) in [4.78, 5) is 2.36. The van der Waals surface area contributed by atoms with E-state index in [2.05, 4.69) is 30.3 Å². The number of hydrogen-bond donors (Lipinski definition) is 1. The molecule has 0 fully saturated rings. The minimum absolute atomic E-state index is 0.537. The van der Waals surface area contributed by atoms with Crippen LogP contribution in [0.15, 0.2) is 105 Å². The molecule has 0 unspecified atom stereocenters. The Balaban J connectivity index is 1.76. The van der Waals surface area contributed by atoms with E-state index in [1.165, 1.54) is 9.79 Å². The van der Waals surface area contributed by atoms with Crippen LogP contribution >= 0.6 is 35.1 Å². The van der Waals surface area contributed by atoms with Gasteiger partial charge in [-0.1, -0.05) is 89.7 Å². The Morgan fingerprint density at radius 1 is 0.846 bits per heavy atom. The number of hydrogen-bond acceptors (Lipinski definition) is 3. The monoisotopic (exact) mass is 398 g/mol. The van der Waals surface area contributed by atoms with Gasteiger partial charge in [0.25, 0.3) is 0 Å². The third-order valence-electron chi connectivity index (χ3n) is 3.66. The van der Waals surface area contributed by atoms with Crippen LogP contribution in [0, 0.1) is 0 Å².